The van der Waals surface area contributed by atoms with E-state index in [1.54, 1.807) is 6.07 Å². The van der Waals surface area contributed by atoms with Crippen LogP contribution >= 0.6 is 0 Å². The topological polar surface area (TPSA) is 26.0 Å². The molecule has 2 rings (SSSR count). The van der Waals surface area contributed by atoms with Gasteiger partial charge in [0.1, 0.15) is 5.82 Å². The number of aryl methyl sites for hydroxylation is 1. The van der Waals surface area contributed by atoms with Crippen molar-refractivity contribution in [2.75, 3.05) is 6.54 Å². The zero-order valence-corrected chi connectivity index (χ0v) is 10.1. The lowest BCUT2D eigenvalue weighted by molar-refractivity contribution is 0.423. The molecule has 0 saturated heterocycles. The van der Waals surface area contributed by atoms with Crippen molar-refractivity contribution >= 4 is 0 Å². The molecule has 0 amide bonds. The Balaban J connectivity index is 2.57. The van der Waals surface area contributed by atoms with Crippen molar-refractivity contribution in [1.29, 1.82) is 0 Å². The molecule has 0 aromatic heterocycles. The molecule has 2 N–H and O–H groups in total. The van der Waals surface area contributed by atoms with Crippen LogP contribution in [0.25, 0.3) is 0 Å². The Hall–Kier alpha value is -0.890. The molecule has 1 aromatic rings. The first-order chi connectivity index (χ1) is 7.60. The van der Waals surface area contributed by atoms with Crippen molar-refractivity contribution in [3.05, 3.63) is 34.6 Å². The Kier molecular flexibility index (Phi) is 3.02. The van der Waals surface area contributed by atoms with E-state index in [9.17, 15) is 4.39 Å². The summed E-state index contributed by atoms with van der Waals surface area (Å²) < 4.78 is 14.1. The molecule has 0 unspecified atom stereocenters. The van der Waals surface area contributed by atoms with Crippen LogP contribution in [0.5, 0.6) is 0 Å². The van der Waals surface area contributed by atoms with Crippen LogP contribution < -0.4 is 5.73 Å². The summed E-state index contributed by atoms with van der Waals surface area (Å²) in [5, 5.41) is 0. The van der Waals surface area contributed by atoms with Crippen LogP contribution in [0.3, 0.4) is 0 Å². The molecule has 0 bridgehead atoms. The second kappa shape index (κ2) is 4.17. The minimum absolute atomic E-state index is 0.0737. The van der Waals surface area contributed by atoms with E-state index in [1.807, 2.05) is 19.9 Å². The van der Waals surface area contributed by atoms with Gasteiger partial charge in [0.05, 0.1) is 0 Å². The van der Waals surface area contributed by atoms with Gasteiger partial charge < -0.3 is 5.73 Å². The molecular formula is C14H20FN. The van der Waals surface area contributed by atoms with Gasteiger partial charge in [0, 0.05) is 12.0 Å². The summed E-state index contributed by atoms with van der Waals surface area (Å²) in [6, 6.07) is 3.45. The first-order valence-corrected chi connectivity index (χ1v) is 6.07. The molecule has 1 saturated carbocycles. The summed E-state index contributed by atoms with van der Waals surface area (Å²) in [4.78, 5) is 0. The SMILES string of the molecule is Cc1ccc(F)c(C2(CN)CCCC2)c1C. The third-order valence-corrected chi connectivity index (χ3v) is 4.17. The Morgan fingerprint density at radius 2 is 1.88 bits per heavy atom. The lowest BCUT2D eigenvalue weighted by Gasteiger charge is -2.30. The van der Waals surface area contributed by atoms with E-state index in [0.29, 0.717) is 6.54 Å². The van der Waals surface area contributed by atoms with Gasteiger partial charge in [-0.15, -0.1) is 0 Å². The monoisotopic (exact) mass is 221 g/mol. The number of rotatable bonds is 2. The van der Waals surface area contributed by atoms with Gasteiger partial charge in [-0.3, -0.25) is 0 Å². The fourth-order valence-corrected chi connectivity index (χ4v) is 3.04. The second-order valence-corrected chi connectivity index (χ2v) is 5.06. The van der Waals surface area contributed by atoms with Crippen LogP contribution in [-0.4, -0.2) is 6.54 Å². The summed E-state index contributed by atoms with van der Waals surface area (Å²) in [6.07, 6.45) is 4.41. The minimum Gasteiger partial charge on any atom is -0.330 e. The third kappa shape index (κ3) is 1.65. The van der Waals surface area contributed by atoms with Crippen molar-refractivity contribution in [3.8, 4) is 0 Å². The van der Waals surface area contributed by atoms with Crippen molar-refractivity contribution in [3.63, 3.8) is 0 Å². The lowest BCUT2D eigenvalue weighted by Crippen LogP contribution is -2.34. The third-order valence-electron chi connectivity index (χ3n) is 4.17. The lowest BCUT2D eigenvalue weighted by atomic mass is 9.76. The van der Waals surface area contributed by atoms with Gasteiger partial charge >= 0.3 is 0 Å². The Morgan fingerprint density at radius 3 is 2.44 bits per heavy atom. The van der Waals surface area contributed by atoms with Gasteiger partial charge in [0.15, 0.2) is 0 Å². The van der Waals surface area contributed by atoms with E-state index in [-0.39, 0.29) is 11.2 Å². The highest BCUT2D eigenvalue weighted by Gasteiger charge is 2.37. The predicted molar refractivity (Wildman–Crippen MR) is 65.1 cm³/mol. The molecule has 0 heterocycles. The maximum atomic E-state index is 14.1. The number of hydrogen-bond acceptors (Lipinski definition) is 1. The minimum atomic E-state index is -0.0970. The Morgan fingerprint density at radius 1 is 1.25 bits per heavy atom. The van der Waals surface area contributed by atoms with E-state index in [4.69, 9.17) is 5.73 Å². The van der Waals surface area contributed by atoms with Gasteiger partial charge in [0.2, 0.25) is 0 Å². The molecular weight excluding hydrogens is 201 g/mol. The predicted octanol–water partition coefficient (Wildman–Crippen LogP) is 3.21. The standard InChI is InChI=1S/C14H20FN/c1-10-5-6-12(15)13(11(10)2)14(9-16)7-3-4-8-14/h5-6H,3-4,7-9,16H2,1-2H3. The van der Waals surface area contributed by atoms with Crippen LogP contribution in [-0.2, 0) is 5.41 Å². The summed E-state index contributed by atoms with van der Waals surface area (Å²) in [5.74, 6) is -0.0737. The van der Waals surface area contributed by atoms with Gasteiger partial charge in [-0.05, 0) is 49.4 Å². The summed E-state index contributed by atoms with van der Waals surface area (Å²) in [7, 11) is 0. The molecule has 1 aliphatic carbocycles. The first-order valence-electron chi connectivity index (χ1n) is 6.07. The molecule has 0 spiro atoms. The Labute approximate surface area is 96.9 Å². The number of hydrogen-bond donors (Lipinski definition) is 1. The van der Waals surface area contributed by atoms with Crippen LogP contribution in [0, 0.1) is 19.7 Å². The molecule has 1 aliphatic rings. The van der Waals surface area contributed by atoms with E-state index in [2.05, 4.69) is 0 Å². The van der Waals surface area contributed by atoms with E-state index >= 15 is 0 Å². The average Bonchev–Trinajstić information content (AvgIpc) is 2.74. The Bertz CT molecular complexity index is 392. The highest BCUT2D eigenvalue weighted by molar-refractivity contribution is 5.40. The number of halogens is 1. The maximum absolute atomic E-state index is 14.1. The zero-order valence-electron chi connectivity index (χ0n) is 10.1. The van der Waals surface area contributed by atoms with Crippen LogP contribution in [0.15, 0.2) is 12.1 Å². The van der Waals surface area contributed by atoms with Crippen molar-refractivity contribution in [2.45, 2.75) is 44.9 Å². The highest BCUT2D eigenvalue weighted by atomic mass is 19.1. The summed E-state index contributed by atoms with van der Waals surface area (Å²) in [5.41, 5.74) is 8.96. The van der Waals surface area contributed by atoms with Crippen LogP contribution in [0.2, 0.25) is 0 Å². The number of benzene rings is 1. The second-order valence-electron chi connectivity index (χ2n) is 5.06. The van der Waals surface area contributed by atoms with Gasteiger partial charge in [-0.1, -0.05) is 18.9 Å². The zero-order chi connectivity index (χ0) is 11.8. The quantitative estimate of drug-likeness (QED) is 0.815. The molecule has 88 valence electrons. The fraction of sp³-hybridized carbons (Fsp3) is 0.571. The molecule has 0 radical (unpaired) electrons. The van der Waals surface area contributed by atoms with Crippen molar-refractivity contribution < 1.29 is 4.39 Å². The molecule has 1 nitrogen and oxygen atoms in total. The van der Waals surface area contributed by atoms with Crippen LogP contribution in [0.1, 0.15) is 42.4 Å². The molecule has 0 atom stereocenters. The van der Waals surface area contributed by atoms with Gasteiger partial charge in [0.25, 0.3) is 0 Å². The van der Waals surface area contributed by atoms with E-state index in [0.717, 1.165) is 29.5 Å². The highest BCUT2D eigenvalue weighted by Crippen LogP contribution is 2.43. The summed E-state index contributed by atoms with van der Waals surface area (Å²) in [6.45, 7) is 4.62. The van der Waals surface area contributed by atoms with E-state index in [1.165, 1.54) is 12.8 Å². The molecule has 0 aliphatic heterocycles. The van der Waals surface area contributed by atoms with Gasteiger partial charge in [-0.25, -0.2) is 4.39 Å². The maximum Gasteiger partial charge on any atom is 0.127 e. The molecule has 1 aromatic carbocycles. The molecule has 2 heteroatoms. The van der Waals surface area contributed by atoms with Crippen molar-refractivity contribution in [1.82, 2.24) is 0 Å². The fourth-order valence-electron chi connectivity index (χ4n) is 3.04. The first kappa shape index (κ1) is 11.6. The molecule has 1 fully saturated rings. The van der Waals surface area contributed by atoms with E-state index < -0.39 is 0 Å². The normalized spacial score (nSPS) is 19.0. The van der Waals surface area contributed by atoms with Crippen LogP contribution in [0.4, 0.5) is 4.39 Å². The smallest absolute Gasteiger partial charge is 0.127 e. The average molecular weight is 221 g/mol. The largest absolute Gasteiger partial charge is 0.330 e. The number of nitrogens with two attached hydrogens (primary N) is 1. The summed E-state index contributed by atoms with van der Waals surface area (Å²) >= 11 is 0. The van der Waals surface area contributed by atoms with Gasteiger partial charge in [-0.2, -0.15) is 0 Å². The van der Waals surface area contributed by atoms with Crippen molar-refractivity contribution in [2.24, 2.45) is 5.73 Å². The molecule has 16 heavy (non-hydrogen) atoms.